The van der Waals surface area contributed by atoms with Gasteiger partial charge < -0.3 is 25.3 Å². The van der Waals surface area contributed by atoms with Gasteiger partial charge in [0.05, 0.1) is 25.4 Å². The third kappa shape index (κ3) is 2.81. The van der Waals surface area contributed by atoms with E-state index in [0.717, 1.165) is 13.0 Å². The highest BCUT2D eigenvalue weighted by Crippen LogP contribution is 2.40. The van der Waals surface area contributed by atoms with E-state index in [0.29, 0.717) is 29.8 Å². The highest BCUT2D eigenvalue weighted by Gasteiger charge is 2.47. The maximum Gasteiger partial charge on any atom is 0.167 e. The zero-order chi connectivity index (χ0) is 18.1. The molecular formula is C16H21N7O3. The lowest BCUT2D eigenvalue weighted by molar-refractivity contribution is -0.120. The van der Waals surface area contributed by atoms with Crippen LogP contribution in [0.4, 0.5) is 5.82 Å². The minimum absolute atomic E-state index is 0.256. The molecule has 1 aliphatic rings. The number of aryl methyl sites for hydroxylation is 1. The van der Waals surface area contributed by atoms with Gasteiger partial charge in [0.25, 0.3) is 0 Å². The van der Waals surface area contributed by atoms with Crippen molar-refractivity contribution < 1.29 is 14.9 Å². The van der Waals surface area contributed by atoms with Crippen LogP contribution >= 0.6 is 0 Å². The molecule has 1 saturated heterocycles. The number of fused-ring (bicyclic) bond motifs is 1. The van der Waals surface area contributed by atoms with E-state index in [9.17, 15) is 10.2 Å². The molecule has 4 rings (SSSR count). The quantitative estimate of drug-likeness (QED) is 0.554. The minimum Gasteiger partial charge on any atom is -0.394 e. The van der Waals surface area contributed by atoms with Gasteiger partial charge in [-0.25, -0.2) is 19.9 Å². The Balaban J connectivity index is 1.67. The van der Waals surface area contributed by atoms with Crippen LogP contribution in [0.25, 0.3) is 11.2 Å². The van der Waals surface area contributed by atoms with Gasteiger partial charge in [0.15, 0.2) is 17.2 Å². The predicted octanol–water partition coefficient (Wildman–Crippen LogP) is -0.120. The Bertz CT molecular complexity index is 881. The van der Waals surface area contributed by atoms with Gasteiger partial charge in [-0.1, -0.05) is 0 Å². The number of nitrogen functional groups attached to an aromatic ring is 1. The van der Waals surface area contributed by atoms with E-state index >= 15 is 0 Å². The second-order valence-electron chi connectivity index (χ2n) is 6.51. The topological polar surface area (TPSA) is 137 Å². The molecule has 10 nitrogen and oxygen atoms in total. The van der Waals surface area contributed by atoms with Crippen LogP contribution in [-0.2, 0) is 17.0 Å². The molecule has 0 amide bonds. The zero-order valence-corrected chi connectivity index (χ0v) is 14.1. The normalized spacial score (nSPS) is 25.9. The molecule has 10 heteroatoms. The van der Waals surface area contributed by atoms with Crippen molar-refractivity contribution in [3.8, 4) is 0 Å². The van der Waals surface area contributed by atoms with E-state index < -0.39 is 17.9 Å². The van der Waals surface area contributed by atoms with Gasteiger partial charge in [-0.05, 0) is 12.8 Å². The van der Waals surface area contributed by atoms with Crippen molar-refractivity contribution in [2.75, 3.05) is 12.3 Å². The first-order valence-corrected chi connectivity index (χ1v) is 8.49. The number of aromatic nitrogens is 6. The van der Waals surface area contributed by atoms with E-state index in [-0.39, 0.29) is 6.61 Å². The Morgan fingerprint density at radius 3 is 2.92 bits per heavy atom. The summed E-state index contributed by atoms with van der Waals surface area (Å²) in [6, 6.07) is 0. The molecule has 3 aromatic heterocycles. The van der Waals surface area contributed by atoms with Gasteiger partial charge >= 0.3 is 0 Å². The van der Waals surface area contributed by atoms with Crippen molar-refractivity contribution in [2.45, 2.75) is 43.7 Å². The molecule has 3 aromatic rings. The fraction of sp³-hybridized carbons (Fsp3) is 0.500. The molecule has 0 bridgehead atoms. The van der Waals surface area contributed by atoms with Crippen LogP contribution in [0.1, 0.15) is 19.3 Å². The third-order valence-corrected chi connectivity index (χ3v) is 4.85. The number of imidazole rings is 2. The van der Waals surface area contributed by atoms with Gasteiger partial charge in [0.1, 0.15) is 17.9 Å². The summed E-state index contributed by atoms with van der Waals surface area (Å²) in [5, 5.41) is 19.9. The molecule has 0 radical (unpaired) electrons. The van der Waals surface area contributed by atoms with Crippen LogP contribution in [0.5, 0.6) is 0 Å². The number of hydrogen-bond acceptors (Lipinski definition) is 8. The SMILES string of the molecule is Nc1ncnc2c1ncn2[C@@]1(CCCn2ccnc2)C[C@H](O)[C@@H](CO)O1. The molecule has 4 N–H and O–H groups in total. The monoisotopic (exact) mass is 359 g/mol. The van der Waals surface area contributed by atoms with Crippen LogP contribution in [-0.4, -0.2) is 58.1 Å². The average Bonchev–Trinajstić information content (AvgIpc) is 3.34. The van der Waals surface area contributed by atoms with E-state index in [1.54, 1.807) is 23.4 Å². The summed E-state index contributed by atoms with van der Waals surface area (Å²) in [5.41, 5.74) is 6.07. The number of rotatable bonds is 6. The van der Waals surface area contributed by atoms with Crippen molar-refractivity contribution in [3.05, 3.63) is 31.4 Å². The van der Waals surface area contributed by atoms with Crippen molar-refractivity contribution in [1.29, 1.82) is 0 Å². The first-order chi connectivity index (χ1) is 12.6. The Morgan fingerprint density at radius 1 is 1.31 bits per heavy atom. The number of nitrogens with two attached hydrogens (primary N) is 1. The maximum absolute atomic E-state index is 10.3. The molecule has 0 unspecified atom stereocenters. The van der Waals surface area contributed by atoms with Gasteiger partial charge in [-0.2, -0.15) is 0 Å². The summed E-state index contributed by atoms with van der Waals surface area (Å²) in [6.45, 7) is 0.503. The summed E-state index contributed by atoms with van der Waals surface area (Å²) >= 11 is 0. The Morgan fingerprint density at radius 2 is 2.19 bits per heavy atom. The first kappa shape index (κ1) is 16.9. The summed E-state index contributed by atoms with van der Waals surface area (Å²) < 4.78 is 9.90. The lowest BCUT2D eigenvalue weighted by atomic mass is 10.0. The van der Waals surface area contributed by atoms with E-state index in [1.807, 2.05) is 10.8 Å². The highest BCUT2D eigenvalue weighted by atomic mass is 16.6. The Hall–Kier alpha value is -2.56. The number of ether oxygens (including phenoxy) is 1. The lowest BCUT2D eigenvalue weighted by Crippen LogP contribution is -2.34. The molecule has 0 aromatic carbocycles. The smallest absolute Gasteiger partial charge is 0.167 e. The molecular weight excluding hydrogens is 338 g/mol. The summed E-state index contributed by atoms with van der Waals surface area (Å²) in [6.07, 6.45) is 8.67. The van der Waals surface area contributed by atoms with Crippen LogP contribution in [0.3, 0.4) is 0 Å². The molecule has 0 saturated carbocycles. The molecule has 0 spiro atoms. The number of anilines is 1. The number of aliphatic hydroxyl groups is 2. The summed E-state index contributed by atoms with van der Waals surface area (Å²) in [4.78, 5) is 16.6. The molecule has 1 fully saturated rings. The molecule has 26 heavy (non-hydrogen) atoms. The van der Waals surface area contributed by atoms with Gasteiger partial charge in [0, 0.05) is 25.4 Å². The van der Waals surface area contributed by atoms with Crippen LogP contribution in [0, 0.1) is 0 Å². The van der Waals surface area contributed by atoms with Crippen molar-refractivity contribution in [1.82, 2.24) is 29.1 Å². The van der Waals surface area contributed by atoms with E-state index in [1.165, 1.54) is 6.33 Å². The fourth-order valence-corrected chi connectivity index (χ4v) is 3.57. The van der Waals surface area contributed by atoms with Crippen LogP contribution < -0.4 is 5.73 Å². The minimum atomic E-state index is -0.858. The summed E-state index contributed by atoms with van der Waals surface area (Å²) in [5.74, 6) is 0.291. The first-order valence-electron chi connectivity index (χ1n) is 8.49. The van der Waals surface area contributed by atoms with Crippen molar-refractivity contribution >= 4 is 17.0 Å². The highest BCUT2D eigenvalue weighted by molar-refractivity contribution is 5.81. The van der Waals surface area contributed by atoms with E-state index in [2.05, 4.69) is 19.9 Å². The standard InChI is InChI=1S/C16H21N7O3/c17-14-13-15(20-8-19-14)23(10-21-13)16(6-11(25)12(7-24)26-16)2-1-4-22-5-3-18-9-22/h3,5,8-12,24-25H,1-2,4,6-7H2,(H2,17,19,20)/t11-,12+,16+/m0/s1. The Labute approximate surface area is 149 Å². The molecule has 3 atom stereocenters. The molecule has 138 valence electrons. The second kappa shape index (κ2) is 6.63. The largest absolute Gasteiger partial charge is 0.394 e. The number of nitrogens with zero attached hydrogens (tertiary/aromatic N) is 6. The van der Waals surface area contributed by atoms with E-state index in [4.69, 9.17) is 10.5 Å². The van der Waals surface area contributed by atoms with Crippen molar-refractivity contribution in [2.24, 2.45) is 0 Å². The fourth-order valence-electron chi connectivity index (χ4n) is 3.57. The van der Waals surface area contributed by atoms with Gasteiger partial charge in [-0.3, -0.25) is 4.57 Å². The number of aliphatic hydroxyl groups excluding tert-OH is 2. The van der Waals surface area contributed by atoms with Gasteiger partial charge in [-0.15, -0.1) is 0 Å². The summed E-state index contributed by atoms with van der Waals surface area (Å²) in [7, 11) is 0. The Kier molecular flexibility index (Phi) is 4.31. The third-order valence-electron chi connectivity index (χ3n) is 4.85. The van der Waals surface area contributed by atoms with Crippen LogP contribution in [0.15, 0.2) is 31.4 Å². The zero-order valence-electron chi connectivity index (χ0n) is 14.1. The number of hydrogen-bond donors (Lipinski definition) is 3. The van der Waals surface area contributed by atoms with Crippen molar-refractivity contribution in [3.63, 3.8) is 0 Å². The molecule has 1 aliphatic heterocycles. The average molecular weight is 359 g/mol. The van der Waals surface area contributed by atoms with Crippen LogP contribution in [0.2, 0.25) is 0 Å². The van der Waals surface area contributed by atoms with Gasteiger partial charge in [0.2, 0.25) is 0 Å². The lowest BCUT2D eigenvalue weighted by Gasteiger charge is -2.31. The molecule has 4 heterocycles. The maximum atomic E-state index is 10.3. The predicted molar refractivity (Wildman–Crippen MR) is 91.8 cm³/mol. The second-order valence-corrected chi connectivity index (χ2v) is 6.51. The molecule has 0 aliphatic carbocycles.